The minimum Gasteiger partial charge on any atom is -0.305 e. The van der Waals surface area contributed by atoms with Gasteiger partial charge >= 0.3 is 0 Å². The van der Waals surface area contributed by atoms with E-state index in [4.69, 9.17) is 0 Å². The van der Waals surface area contributed by atoms with Gasteiger partial charge in [0.1, 0.15) is 0 Å². The summed E-state index contributed by atoms with van der Waals surface area (Å²) >= 11 is 5.46. The highest BCUT2D eigenvalue weighted by atomic mass is 79.9. The highest BCUT2D eigenvalue weighted by molar-refractivity contribution is 9.11. The van der Waals surface area contributed by atoms with Crippen molar-refractivity contribution in [3.05, 3.63) is 20.3 Å². The van der Waals surface area contributed by atoms with Gasteiger partial charge in [-0.05, 0) is 46.9 Å². The quantitative estimate of drug-likeness (QED) is 0.692. The van der Waals surface area contributed by atoms with Gasteiger partial charge in [0.25, 0.3) is 0 Å². The molecule has 1 aliphatic heterocycles. The van der Waals surface area contributed by atoms with Gasteiger partial charge in [-0.1, -0.05) is 6.92 Å². The molecule has 0 N–H and O–H groups in total. The van der Waals surface area contributed by atoms with Gasteiger partial charge in [0.05, 0.1) is 3.79 Å². The van der Waals surface area contributed by atoms with Crippen LogP contribution in [0.5, 0.6) is 0 Å². The number of likely N-dealkylation sites (N-methyl/N-ethyl adjacent to an activating group) is 1. The average Bonchev–Trinajstić information content (AvgIpc) is 2.38. The molecule has 0 bridgehead atoms. The summed E-state index contributed by atoms with van der Waals surface area (Å²) in [6.07, 6.45) is 1.21. The van der Waals surface area contributed by atoms with Crippen molar-refractivity contribution in [3.8, 4) is 0 Å². The van der Waals surface area contributed by atoms with E-state index in [1.165, 1.54) is 23.3 Å². The van der Waals surface area contributed by atoms with Gasteiger partial charge in [0, 0.05) is 18.0 Å². The van der Waals surface area contributed by atoms with Crippen LogP contribution in [0.4, 0.5) is 0 Å². The van der Waals surface area contributed by atoms with E-state index in [2.05, 4.69) is 40.9 Å². The maximum atomic E-state index is 3.57. The van der Waals surface area contributed by atoms with Crippen molar-refractivity contribution in [2.75, 3.05) is 20.1 Å². The molecule has 1 aromatic rings. The predicted molar refractivity (Wildman–Crippen MR) is 61.6 cm³/mol. The molecule has 0 aromatic carbocycles. The van der Waals surface area contributed by atoms with Gasteiger partial charge in [-0.25, -0.2) is 0 Å². The molecule has 1 unspecified atom stereocenters. The molecule has 72 valence electrons. The van der Waals surface area contributed by atoms with Crippen LogP contribution < -0.4 is 0 Å². The number of halogens is 1. The summed E-state index contributed by atoms with van der Waals surface area (Å²) < 4.78 is 1.29. The number of hydrogen-bond donors (Lipinski definition) is 0. The van der Waals surface area contributed by atoms with Crippen LogP contribution in [-0.4, -0.2) is 25.0 Å². The lowest BCUT2D eigenvalue weighted by atomic mass is 10.0. The van der Waals surface area contributed by atoms with E-state index in [1.807, 2.05) is 11.3 Å². The first-order valence-electron chi connectivity index (χ1n) is 4.63. The van der Waals surface area contributed by atoms with Crippen LogP contribution in [0.2, 0.25) is 0 Å². The van der Waals surface area contributed by atoms with Crippen LogP contribution in [-0.2, 0) is 6.42 Å². The molecule has 0 amide bonds. The Morgan fingerprint density at radius 1 is 1.62 bits per heavy atom. The van der Waals surface area contributed by atoms with Gasteiger partial charge in [-0.2, -0.15) is 0 Å². The number of fused-ring (bicyclic) bond motifs is 1. The number of nitrogens with zero attached hydrogens (tertiary/aromatic N) is 1. The van der Waals surface area contributed by atoms with Crippen LogP contribution in [0, 0.1) is 0 Å². The lowest BCUT2D eigenvalue weighted by Gasteiger charge is -2.16. The smallest absolute Gasteiger partial charge is 0.0704 e. The topological polar surface area (TPSA) is 3.24 Å². The molecule has 2 heterocycles. The Bertz CT molecular complexity index is 308. The third-order valence-corrected chi connectivity index (χ3v) is 4.36. The number of thiophene rings is 1. The summed E-state index contributed by atoms with van der Waals surface area (Å²) in [6.45, 7) is 4.71. The van der Waals surface area contributed by atoms with E-state index in [0.29, 0.717) is 5.92 Å². The summed E-state index contributed by atoms with van der Waals surface area (Å²) in [5.74, 6) is 0.685. The summed E-state index contributed by atoms with van der Waals surface area (Å²) in [6, 6.07) is 2.30. The fourth-order valence-electron chi connectivity index (χ4n) is 1.97. The summed E-state index contributed by atoms with van der Waals surface area (Å²) in [5.41, 5.74) is 1.56. The van der Waals surface area contributed by atoms with E-state index in [0.717, 1.165) is 0 Å². The number of hydrogen-bond acceptors (Lipinski definition) is 2. The molecule has 13 heavy (non-hydrogen) atoms. The Hall–Kier alpha value is 0.140. The molecule has 0 spiro atoms. The monoisotopic (exact) mass is 259 g/mol. The van der Waals surface area contributed by atoms with E-state index in [1.54, 1.807) is 10.4 Å². The zero-order valence-corrected chi connectivity index (χ0v) is 10.4. The summed E-state index contributed by atoms with van der Waals surface area (Å²) in [7, 11) is 2.21. The minimum atomic E-state index is 0.685. The van der Waals surface area contributed by atoms with Crippen LogP contribution in [0.15, 0.2) is 9.85 Å². The van der Waals surface area contributed by atoms with Gasteiger partial charge in [0.15, 0.2) is 0 Å². The Morgan fingerprint density at radius 2 is 2.38 bits per heavy atom. The average molecular weight is 260 g/mol. The third kappa shape index (κ3) is 1.97. The maximum Gasteiger partial charge on any atom is 0.0704 e. The van der Waals surface area contributed by atoms with Crippen molar-refractivity contribution in [1.82, 2.24) is 4.90 Å². The fraction of sp³-hybridized carbons (Fsp3) is 0.600. The normalized spacial score (nSPS) is 24.1. The zero-order chi connectivity index (χ0) is 9.42. The third-order valence-electron chi connectivity index (χ3n) is 2.65. The largest absolute Gasteiger partial charge is 0.305 e. The summed E-state index contributed by atoms with van der Waals surface area (Å²) in [5, 5.41) is 0. The van der Waals surface area contributed by atoms with Gasteiger partial charge in [0.2, 0.25) is 0 Å². The first-order chi connectivity index (χ1) is 6.16. The van der Waals surface area contributed by atoms with E-state index < -0.39 is 0 Å². The molecule has 2 rings (SSSR count). The van der Waals surface area contributed by atoms with Crippen molar-refractivity contribution in [3.63, 3.8) is 0 Å². The van der Waals surface area contributed by atoms with Gasteiger partial charge in [-0.15, -0.1) is 11.3 Å². The first kappa shape index (κ1) is 9.69. The molecule has 0 saturated carbocycles. The maximum absolute atomic E-state index is 3.57. The molecular weight excluding hydrogens is 246 g/mol. The van der Waals surface area contributed by atoms with Crippen molar-refractivity contribution < 1.29 is 0 Å². The molecule has 1 nitrogen and oxygen atoms in total. The fourth-order valence-corrected chi connectivity index (χ4v) is 3.80. The van der Waals surface area contributed by atoms with Crippen molar-refractivity contribution in [2.24, 2.45) is 0 Å². The van der Waals surface area contributed by atoms with Crippen molar-refractivity contribution in [2.45, 2.75) is 19.3 Å². The molecule has 1 aliphatic rings. The first-order valence-corrected chi connectivity index (χ1v) is 6.24. The Kier molecular flexibility index (Phi) is 2.77. The molecule has 0 saturated heterocycles. The SMILES string of the molecule is CC1CN(C)CCc2sc(Br)cc21. The lowest BCUT2D eigenvalue weighted by Crippen LogP contribution is -2.22. The van der Waals surface area contributed by atoms with Crippen LogP contribution in [0.1, 0.15) is 23.3 Å². The van der Waals surface area contributed by atoms with Crippen LogP contribution >= 0.6 is 27.3 Å². The van der Waals surface area contributed by atoms with Crippen LogP contribution in [0.25, 0.3) is 0 Å². The van der Waals surface area contributed by atoms with E-state index in [-0.39, 0.29) is 0 Å². The molecule has 0 aliphatic carbocycles. The Balaban J connectivity index is 2.33. The second-order valence-corrected chi connectivity index (χ2v) is 6.36. The standard InChI is InChI=1S/C10H14BrNS/c1-7-6-12(2)4-3-9-8(7)5-10(11)13-9/h5,7H,3-4,6H2,1-2H3. The molecule has 0 fully saturated rings. The molecule has 0 radical (unpaired) electrons. The molecule has 1 atom stereocenters. The Morgan fingerprint density at radius 3 is 3.15 bits per heavy atom. The minimum absolute atomic E-state index is 0.685. The highest BCUT2D eigenvalue weighted by Crippen LogP contribution is 2.34. The summed E-state index contributed by atoms with van der Waals surface area (Å²) in [4.78, 5) is 3.99. The van der Waals surface area contributed by atoms with Crippen molar-refractivity contribution >= 4 is 27.3 Å². The number of rotatable bonds is 0. The second-order valence-electron chi connectivity index (χ2n) is 3.84. The second kappa shape index (κ2) is 3.71. The highest BCUT2D eigenvalue weighted by Gasteiger charge is 2.19. The van der Waals surface area contributed by atoms with E-state index >= 15 is 0 Å². The van der Waals surface area contributed by atoms with Gasteiger partial charge in [-0.3, -0.25) is 0 Å². The lowest BCUT2D eigenvalue weighted by molar-refractivity contribution is 0.332. The molecule has 1 aromatic heterocycles. The predicted octanol–water partition coefficient (Wildman–Crippen LogP) is 3.10. The van der Waals surface area contributed by atoms with Gasteiger partial charge < -0.3 is 4.90 Å². The van der Waals surface area contributed by atoms with Crippen molar-refractivity contribution in [1.29, 1.82) is 0 Å². The van der Waals surface area contributed by atoms with E-state index in [9.17, 15) is 0 Å². The zero-order valence-electron chi connectivity index (χ0n) is 8.01. The van der Waals surface area contributed by atoms with Crippen LogP contribution in [0.3, 0.4) is 0 Å². The Labute approximate surface area is 91.9 Å². The molecule has 3 heteroatoms. The molecular formula is C10H14BrNS.